The standard InChI is InChI=1S/C16H30O2/c1-7-15(5,6)14(17)18-16(12(2)3)10-8-13(4)9-11-16/h12-13H,7-11H2,1-6H3. The van der Waals surface area contributed by atoms with Gasteiger partial charge in [-0.1, -0.05) is 27.7 Å². The van der Waals surface area contributed by atoms with Gasteiger partial charge in [0.25, 0.3) is 0 Å². The van der Waals surface area contributed by atoms with Crippen LogP contribution in [0.1, 0.15) is 73.6 Å². The zero-order valence-corrected chi connectivity index (χ0v) is 13.0. The van der Waals surface area contributed by atoms with Gasteiger partial charge in [-0.2, -0.15) is 0 Å². The summed E-state index contributed by atoms with van der Waals surface area (Å²) in [6.07, 6.45) is 5.24. The molecule has 0 aromatic carbocycles. The van der Waals surface area contributed by atoms with Gasteiger partial charge >= 0.3 is 5.97 Å². The number of rotatable bonds is 4. The van der Waals surface area contributed by atoms with Gasteiger partial charge in [-0.15, -0.1) is 0 Å². The van der Waals surface area contributed by atoms with Crippen LogP contribution in [0.3, 0.4) is 0 Å². The Morgan fingerprint density at radius 3 is 2.22 bits per heavy atom. The molecule has 0 saturated heterocycles. The molecule has 1 rings (SSSR count). The van der Waals surface area contributed by atoms with Gasteiger partial charge < -0.3 is 4.74 Å². The van der Waals surface area contributed by atoms with Crippen LogP contribution in [0.2, 0.25) is 0 Å². The molecule has 0 spiro atoms. The topological polar surface area (TPSA) is 26.3 Å². The normalized spacial score (nSPS) is 29.4. The minimum absolute atomic E-state index is 0.0201. The number of hydrogen-bond donors (Lipinski definition) is 0. The molecule has 0 heterocycles. The predicted molar refractivity (Wildman–Crippen MR) is 75.4 cm³/mol. The summed E-state index contributed by atoms with van der Waals surface area (Å²) in [5.74, 6) is 1.16. The molecule has 1 saturated carbocycles. The van der Waals surface area contributed by atoms with E-state index in [4.69, 9.17) is 4.74 Å². The highest BCUT2D eigenvalue weighted by Crippen LogP contribution is 2.41. The number of carbonyl (C=O) groups excluding carboxylic acids is 1. The number of esters is 1. The number of carbonyl (C=O) groups is 1. The van der Waals surface area contributed by atoms with E-state index in [-0.39, 0.29) is 17.0 Å². The third-order valence-corrected chi connectivity index (χ3v) is 4.91. The third kappa shape index (κ3) is 3.27. The van der Waals surface area contributed by atoms with Crippen LogP contribution in [-0.4, -0.2) is 11.6 Å². The maximum Gasteiger partial charge on any atom is 0.312 e. The van der Waals surface area contributed by atoms with Gasteiger partial charge in [0.2, 0.25) is 0 Å². The molecule has 18 heavy (non-hydrogen) atoms. The van der Waals surface area contributed by atoms with Crippen LogP contribution in [-0.2, 0) is 9.53 Å². The summed E-state index contributed by atoms with van der Waals surface area (Å²) in [6.45, 7) is 12.7. The Labute approximate surface area is 112 Å². The Morgan fingerprint density at radius 2 is 1.83 bits per heavy atom. The van der Waals surface area contributed by atoms with Crippen molar-refractivity contribution in [2.75, 3.05) is 0 Å². The van der Waals surface area contributed by atoms with Crippen molar-refractivity contribution in [2.45, 2.75) is 79.2 Å². The second-order valence-electron chi connectivity index (χ2n) is 7.03. The lowest BCUT2D eigenvalue weighted by Gasteiger charge is -2.43. The first-order chi connectivity index (χ1) is 8.23. The minimum atomic E-state index is -0.356. The summed E-state index contributed by atoms with van der Waals surface area (Å²) in [5.41, 5.74) is -0.568. The Bertz CT molecular complexity index is 283. The Morgan fingerprint density at radius 1 is 1.33 bits per heavy atom. The smallest absolute Gasteiger partial charge is 0.312 e. The van der Waals surface area contributed by atoms with Crippen molar-refractivity contribution < 1.29 is 9.53 Å². The van der Waals surface area contributed by atoms with Crippen molar-refractivity contribution in [3.8, 4) is 0 Å². The Hall–Kier alpha value is -0.530. The lowest BCUT2D eigenvalue weighted by atomic mass is 9.73. The fourth-order valence-electron chi connectivity index (χ4n) is 2.52. The highest BCUT2D eigenvalue weighted by molar-refractivity contribution is 5.76. The lowest BCUT2D eigenvalue weighted by Crippen LogP contribution is -2.46. The molecule has 2 heteroatoms. The molecule has 0 bridgehead atoms. The molecule has 0 aliphatic heterocycles. The highest BCUT2D eigenvalue weighted by Gasteiger charge is 2.43. The first-order valence-corrected chi connectivity index (χ1v) is 7.47. The molecular formula is C16H30O2. The molecule has 106 valence electrons. The van der Waals surface area contributed by atoms with E-state index in [0.29, 0.717) is 5.92 Å². The van der Waals surface area contributed by atoms with Gasteiger partial charge in [0.1, 0.15) is 5.60 Å². The minimum Gasteiger partial charge on any atom is -0.458 e. The second kappa shape index (κ2) is 5.63. The molecule has 1 aliphatic rings. The van der Waals surface area contributed by atoms with Gasteiger partial charge in [-0.05, 0) is 57.8 Å². The summed E-state index contributed by atoms with van der Waals surface area (Å²) >= 11 is 0. The lowest BCUT2D eigenvalue weighted by molar-refractivity contribution is -0.181. The van der Waals surface area contributed by atoms with Crippen molar-refractivity contribution >= 4 is 5.97 Å². The monoisotopic (exact) mass is 254 g/mol. The van der Waals surface area contributed by atoms with Gasteiger partial charge in [0, 0.05) is 0 Å². The summed E-state index contributed by atoms with van der Waals surface area (Å²) in [4.78, 5) is 12.3. The average Bonchev–Trinajstić information content (AvgIpc) is 2.32. The number of hydrogen-bond acceptors (Lipinski definition) is 2. The quantitative estimate of drug-likeness (QED) is 0.687. The van der Waals surface area contributed by atoms with Crippen LogP contribution in [0.4, 0.5) is 0 Å². The molecule has 2 nitrogen and oxygen atoms in total. The van der Waals surface area contributed by atoms with Crippen LogP contribution >= 0.6 is 0 Å². The molecule has 0 aromatic heterocycles. The van der Waals surface area contributed by atoms with Gasteiger partial charge in [-0.3, -0.25) is 4.79 Å². The van der Waals surface area contributed by atoms with E-state index in [1.54, 1.807) is 0 Å². The van der Waals surface area contributed by atoms with Gasteiger partial charge in [0.15, 0.2) is 0 Å². The van der Waals surface area contributed by atoms with Crippen molar-refractivity contribution in [3.05, 3.63) is 0 Å². The number of ether oxygens (including phenoxy) is 1. The fourth-order valence-corrected chi connectivity index (χ4v) is 2.52. The van der Waals surface area contributed by atoms with E-state index >= 15 is 0 Å². The fraction of sp³-hybridized carbons (Fsp3) is 0.938. The van der Waals surface area contributed by atoms with E-state index < -0.39 is 0 Å². The molecule has 0 radical (unpaired) electrons. The molecule has 0 atom stereocenters. The first kappa shape index (κ1) is 15.5. The average molecular weight is 254 g/mol. The van der Waals surface area contributed by atoms with Crippen LogP contribution < -0.4 is 0 Å². The maximum atomic E-state index is 12.3. The largest absolute Gasteiger partial charge is 0.458 e. The summed E-state index contributed by atoms with van der Waals surface area (Å²) in [6, 6.07) is 0. The molecule has 1 aliphatic carbocycles. The van der Waals surface area contributed by atoms with Crippen molar-refractivity contribution in [1.29, 1.82) is 0 Å². The molecule has 1 fully saturated rings. The molecule has 0 unspecified atom stereocenters. The Kier molecular flexibility index (Phi) is 4.85. The summed E-state index contributed by atoms with van der Waals surface area (Å²) in [7, 11) is 0. The molecular weight excluding hydrogens is 224 g/mol. The zero-order valence-electron chi connectivity index (χ0n) is 13.0. The first-order valence-electron chi connectivity index (χ1n) is 7.47. The van der Waals surface area contributed by atoms with Gasteiger partial charge in [-0.25, -0.2) is 0 Å². The van der Waals surface area contributed by atoms with Crippen molar-refractivity contribution in [1.82, 2.24) is 0 Å². The molecule has 0 amide bonds. The van der Waals surface area contributed by atoms with E-state index in [1.807, 2.05) is 20.8 Å². The van der Waals surface area contributed by atoms with Gasteiger partial charge in [0.05, 0.1) is 5.41 Å². The SMILES string of the molecule is CCC(C)(C)C(=O)OC1(C(C)C)CCC(C)CC1. The van der Waals surface area contributed by atoms with Crippen LogP contribution in [0.25, 0.3) is 0 Å². The third-order valence-electron chi connectivity index (χ3n) is 4.91. The summed E-state index contributed by atoms with van der Waals surface area (Å²) < 4.78 is 6.01. The van der Waals surface area contributed by atoms with E-state index in [1.165, 1.54) is 12.8 Å². The second-order valence-corrected chi connectivity index (χ2v) is 7.03. The summed E-state index contributed by atoms with van der Waals surface area (Å²) in [5, 5.41) is 0. The highest BCUT2D eigenvalue weighted by atomic mass is 16.6. The predicted octanol–water partition coefficient (Wildman–Crippen LogP) is 4.57. The van der Waals surface area contributed by atoms with Crippen molar-refractivity contribution in [3.63, 3.8) is 0 Å². The van der Waals surface area contributed by atoms with Crippen LogP contribution in [0, 0.1) is 17.3 Å². The zero-order chi connectivity index (χ0) is 14.0. The Balaban J connectivity index is 2.79. The van der Waals surface area contributed by atoms with Crippen LogP contribution in [0.15, 0.2) is 0 Å². The van der Waals surface area contributed by atoms with Crippen LogP contribution in [0.5, 0.6) is 0 Å². The van der Waals surface area contributed by atoms with Crippen molar-refractivity contribution in [2.24, 2.45) is 17.3 Å². The molecule has 0 aromatic rings. The van der Waals surface area contributed by atoms with E-state index in [9.17, 15) is 4.79 Å². The van der Waals surface area contributed by atoms with E-state index in [0.717, 1.165) is 25.2 Å². The maximum absolute atomic E-state index is 12.3. The molecule has 0 N–H and O–H groups in total. The van der Waals surface area contributed by atoms with E-state index in [2.05, 4.69) is 20.8 Å².